The Morgan fingerprint density at radius 2 is 1.82 bits per heavy atom. The first-order valence-corrected chi connectivity index (χ1v) is 15.1. The number of thioether (sulfide) groups is 1. The first-order valence-electron chi connectivity index (χ1n) is 11.1. The summed E-state index contributed by atoms with van der Waals surface area (Å²) in [5, 5.41) is 22.2. The number of rotatable bonds is 13. The van der Waals surface area contributed by atoms with E-state index in [4.69, 9.17) is 20.4 Å². The number of ketones is 1. The molecule has 2 unspecified atom stereocenters. The Kier molecular flexibility index (Phi) is 11.2. The second-order valence-corrected chi connectivity index (χ2v) is 16.0. The van der Waals surface area contributed by atoms with Gasteiger partial charge in [-0.1, -0.05) is 20.8 Å². The van der Waals surface area contributed by atoms with Gasteiger partial charge in [0, 0.05) is 30.3 Å². The fourth-order valence-electron chi connectivity index (χ4n) is 3.00. The number of carboxylic acids is 2. The molecule has 0 bridgehead atoms. The number of nitrogens with one attached hydrogen (secondary N) is 2. The van der Waals surface area contributed by atoms with Gasteiger partial charge in [-0.15, -0.1) is 0 Å². The van der Waals surface area contributed by atoms with Crippen LogP contribution in [0.5, 0.6) is 0 Å². The lowest BCUT2D eigenvalue weighted by molar-refractivity contribution is -0.139. The molecule has 0 aromatic heterocycles. The highest BCUT2D eigenvalue weighted by atomic mass is 32.2. The van der Waals surface area contributed by atoms with Crippen LogP contribution in [0.4, 0.5) is 0 Å². The highest BCUT2D eigenvalue weighted by Crippen LogP contribution is 2.41. The van der Waals surface area contributed by atoms with E-state index in [9.17, 15) is 24.0 Å². The number of carbonyl (C=O) groups excluding carboxylic acids is 3. The Labute approximate surface area is 205 Å². The van der Waals surface area contributed by atoms with Crippen LogP contribution in [0.25, 0.3) is 0 Å². The summed E-state index contributed by atoms with van der Waals surface area (Å²) in [6, 6.07) is -2.28. The molecule has 0 aromatic carbocycles. The molecule has 1 saturated carbocycles. The third-order valence-electron chi connectivity index (χ3n) is 6.07. The Morgan fingerprint density at radius 1 is 1.21 bits per heavy atom. The monoisotopic (exact) mass is 519 g/mol. The van der Waals surface area contributed by atoms with Crippen molar-refractivity contribution in [3.8, 4) is 0 Å². The van der Waals surface area contributed by atoms with Crippen molar-refractivity contribution in [3.63, 3.8) is 0 Å². The maximum absolute atomic E-state index is 12.5. The third kappa shape index (κ3) is 9.72. The number of amides is 2. The fraction of sp³-hybridized carbons (Fsp3) is 0.762. The number of hydrogen-bond donors (Lipinski definition) is 5. The van der Waals surface area contributed by atoms with Crippen molar-refractivity contribution in [2.24, 2.45) is 5.73 Å². The molecule has 1 rings (SSSR count). The molecular weight excluding hydrogens is 482 g/mol. The van der Waals surface area contributed by atoms with Gasteiger partial charge in [-0.25, -0.2) is 0 Å². The number of carbonyl (C=O) groups is 5. The number of nitrogens with two attached hydrogens (primary N) is 1. The van der Waals surface area contributed by atoms with Gasteiger partial charge in [0.05, 0.1) is 6.10 Å². The molecule has 0 aliphatic heterocycles. The Bertz CT molecular complexity index is 786. The summed E-state index contributed by atoms with van der Waals surface area (Å²) in [5.74, 6) is -3.57. The molecule has 0 saturated heterocycles. The van der Waals surface area contributed by atoms with Crippen LogP contribution < -0.4 is 16.4 Å². The second kappa shape index (κ2) is 12.7. The van der Waals surface area contributed by atoms with Gasteiger partial charge in [0.1, 0.15) is 24.4 Å². The maximum atomic E-state index is 12.5. The average molecular weight is 520 g/mol. The lowest BCUT2D eigenvalue weighted by atomic mass is 10.1. The third-order valence-corrected chi connectivity index (χ3v) is 12.0. The lowest BCUT2D eigenvalue weighted by Gasteiger charge is -2.39. The first kappa shape index (κ1) is 30.1. The van der Waals surface area contributed by atoms with Crippen molar-refractivity contribution < 1.29 is 38.6 Å². The number of hydrogen-bond acceptors (Lipinski definition) is 8. The molecule has 1 aliphatic rings. The molecule has 0 radical (unpaired) electrons. The van der Waals surface area contributed by atoms with Crippen LogP contribution in [0.3, 0.4) is 0 Å². The van der Waals surface area contributed by atoms with Crippen molar-refractivity contribution in [2.75, 3.05) is 12.3 Å². The maximum Gasteiger partial charge on any atom is 0.322 e. The van der Waals surface area contributed by atoms with E-state index in [1.807, 2.05) is 0 Å². The average Bonchev–Trinajstić information content (AvgIpc) is 3.04. The van der Waals surface area contributed by atoms with Crippen LogP contribution in [0.1, 0.15) is 46.5 Å². The van der Waals surface area contributed by atoms with E-state index in [1.54, 1.807) is 0 Å². The van der Waals surface area contributed by atoms with E-state index in [2.05, 4.69) is 44.5 Å². The van der Waals surface area contributed by atoms with Crippen molar-refractivity contribution in [3.05, 3.63) is 0 Å². The van der Waals surface area contributed by atoms with E-state index in [-0.39, 0.29) is 47.2 Å². The smallest absolute Gasteiger partial charge is 0.322 e. The number of Topliss-reactive ketones (excluding diaryl/α,β-unsaturated/α-hetero) is 1. The molecule has 34 heavy (non-hydrogen) atoms. The predicted octanol–water partition coefficient (Wildman–Crippen LogP) is 0.719. The largest absolute Gasteiger partial charge is 0.480 e. The van der Waals surface area contributed by atoms with Crippen LogP contribution in [-0.2, 0) is 28.4 Å². The molecule has 4 atom stereocenters. The normalized spacial score (nSPS) is 20.5. The zero-order chi connectivity index (χ0) is 26.3. The molecule has 0 heterocycles. The van der Waals surface area contributed by atoms with Gasteiger partial charge in [-0.2, -0.15) is 11.8 Å². The summed E-state index contributed by atoms with van der Waals surface area (Å²) >= 11 is 1.32. The molecular formula is C21H37N3O8SSi. The van der Waals surface area contributed by atoms with E-state index in [0.717, 1.165) is 0 Å². The summed E-state index contributed by atoms with van der Waals surface area (Å²) in [7, 11) is -2.14. The summed E-state index contributed by atoms with van der Waals surface area (Å²) < 4.78 is 6.45. The molecule has 11 nitrogen and oxygen atoms in total. The number of aliphatic carboxylic acids is 2. The van der Waals surface area contributed by atoms with E-state index < -0.39 is 50.7 Å². The minimum Gasteiger partial charge on any atom is -0.480 e. The van der Waals surface area contributed by atoms with Crippen LogP contribution in [0.15, 0.2) is 0 Å². The first-order chi connectivity index (χ1) is 15.5. The standard InChI is InChI=1S/C21H37N3O8SSi/c1-21(2,3)34(4,5)32-15-8-12(25)9-16(15)33-11-14(19(29)23-10-18(27)28)24-17(26)7-6-13(22)20(30)31/h13-16H,6-11,22H2,1-5H3,(H,23,29)(H,24,26)(H,27,28)(H,30,31)/t13?,14?,15-,16-/m0/s1. The molecule has 6 N–H and O–H groups in total. The topological polar surface area (TPSA) is 185 Å². The summed E-state index contributed by atoms with van der Waals surface area (Å²) in [6.07, 6.45) is -0.0451. The van der Waals surface area contributed by atoms with Gasteiger partial charge in [-0.3, -0.25) is 24.0 Å². The Hall–Kier alpha value is -1.96. The van der Waals surface area contributed by atoms with E-state index in [1.165, 1.54) is 11.8 Å². The Balaban J connectivity index is 2.85. The minimum atomic E-state index is -2.14. The fourth-order valence-corrected chi connectivity index (χ4v) is 5.80. The van der Waals surface area contributed by atoms with Gasteiger partial charge >= 0.3 is 11.9 Å². The highest BCUT2D eigenvalue weighted by Gasteiger charge is 2.44. The molecule has 194 valence electrons. The summed E-state index contributed by atoms with van der Waals surface area (Å²) in [5.41, 5.74) is 5.42. The number of carboxylic acid groups (broad SMARTS) is 2. The van der Waals surface area contributed by atoms with Crippen molar-refractivity contribution in [1.29, 1.82) is 0 Å². The molecule has 2 amide bonds. The zero-order valence-electron chi connectivity index (χ0n) is 20.4. The quantitative estimate of drug-likeness (QED) is 0.217. The van der Waals surface area contributed by atoms with Crippen molar-refractivity contribution in [2.45, 2.75) is 88.0 Å². The van der Waals surface area contributed by atoms with Crippen molar-refractivity contribution in [1.82, 2.24) is 10.6 Å². The molecule has 1 fully saturated rings. The Morgan fingerprint density at radius 3 is 2.35 bits per heavy atom. The van der Waals surface area contributed by atoms with E-state index >= 15 is 0 Å². The van der Waals surface area contributed by atoms with Crippen LogP contribution in [0, 0.1) is 0 Å². The van der Waals surface area contributed by atoms with Crippen LogP contribution in [0.2, 0.25) is 18.1 Å². The minimum absolute atomic E-state index is 0.0438. The van der Waals surface area contributed by atoms with Gasteiger partial charge in [0.15, 0.2) is 8.32 Å². The SMILES string of the molecule is CC(C)(C)[Si](C)(C)O[C@H]1CC(=O)C[C@@H]1SCC(NC(=O)CCC(N)C(=O)O)C(=O)NCC(=O)O. The summed E-state index contributed by atoms with van der Waals surface area (Å²) in [6.45, 7) is 9.90. The van der Waals surface area contributed by atoms with Gasteiger partial charge in [-0.05, 0) is 24.6 Å². The second-order valence-electron chi connectivity index (χ2n) is 9.95. The zero-order valence-corrected chi connectivity index (χ0v) is 22.2. The predicted molar refractivity (Wildman–Crippen MR) is 130 cm³/mol. The molecule has 1 aliphatic carbocycles. The molecule has 13 heteroatoms. The van der Waals surface area contributed by atoms with Gasteiger partial charge in [0.25, 0.3) is 0 Å². The van der Waals surface area contributed by atoms with Crippen LogP contribution >= 0.6 is 11.8 Å². The highest BCUT2D eigenvalue weighted by molar-refractivity contribution is 8.00. The van der Waals surface area contributed by atoms with Gasteiger partial charge < -0.3 is 31.0 Å². The van der Waals surface area contributed by atoms with Crippen LogP contribution in [-0.4, -0.2) is 83.8 Å². The molecule has 0 spiro atoms. The van der Waals surface area contributed by atoms with Crippen molar-refractivity contribution >= 4 is 49.6 Å². The van der Waals surface area contributed by atoms with Gasteiger partial charge in [0.2, 0.25) is 11.8 Å². The molecule has 0 aromatic rings. The summed E-state index contributed by atoms with van der Waals surface area (Å²) in [4.78, 5) is 58.7. The lowest BCUT2D eigenvalue weighted by Crippen LogP contribution is -2.50. The van der Waals surface area contributed by atoms with E-state index in [0.29, 0.717) is 6.42 Å².